The Morgan fingerprint density at radius 3 is 2.27 bits per heavy atom. The third-order valence-electron chi connectivity index (χ3n) is 5.98. The Kier molecular flexibility index (Phi) is 6.35. The summed E-state index contributed by atoms with van der Waals surface area (Å²) in [5, 5.41) is 1.25. The molecule has 0 amide bonds. The van der Waals surface area contributed by atoms with E-state index in [0.717, 1.165) is 5.75 Å². The molecule has 0 atom stereocenters. The molecular formula is C28H30N2O2S. The van der Waals surface area contributed by atoms with Gasteiger partial charge in [-0.05, 0) is 65.8 Å². The maximum Gasteiger partial charge on any atom is 0.266 e. The van der Waals surface area contributed by atoms with Crippen LogP contribution in [0.5, 0.6) is 5.75 Å². The van der Waals surface area contributed by atoms with Crippen molar-refractivity contribution in [2.45, 2.75) is 50.9 Å². The minimum absolute atomic E-state index is 0.0934. The molecule has 1 aromatic heterocycles. The summed E-state index contributed by atoms with van der Waals surface area (Å²) < 4.78 is 7.25. The van der Waals surface area contributed by atoms with Gasteiger partial charge in [0, 0.05) is 5.75 Å². The average Bonchev–Trinajstić information content (AvgIpc) is 2.78. The van der Waals surface area contributed by atoms with Gasteiger partial charge in [-0.2, -0.15) is 0 Å². The highest BCUT2D eigenvalue weighted by Crippen LogP contribution is 2.32. The number of nitrogens with zero attached hydrogens (tertiary/aromatic N) is 2. The molecule has 1 heterocycles. The smallest absolute Gasteiger partial charge is 0.266 e. The van der Waals surface area contributed by atoms with E-state index in [4.69, 9.17) is 9.72 Å². The predicted molar refractivity (Wildman–Crippen MR) is 138 cm³/mol. The van der Waals surface area contributed by atoms with Crippen molar-refractivity contribution in [1.82, 2.24) is 9.55 Å². The van der Waals surface area contributed by atoms with Gasteiger partial charge in [0.1, 0.15) is 5.75 Å². The maximum absolute atomic E-state index is 13.6. The van der Waals surface area contributed by atoms with Crippen LogP contribution < -0.4 is 10.3 Å². The van der Waals surface area contributed by atoms with Gasteiger partial charge in [0.15, 0.2) is 5.16 Å². The van der Waals surface area contributed by atoms with E-state index >= 15 is 0 Å². The molecule has 0 aliphatic heterocycles. The number of ether oxygens (including phenoxy) is 1. The Balaban J connectivity index is 1.83. The monoisotopic (exact) mass is 458 g/mol. The Hall–Kier alpha value is -3.05. The lowest BCUT2D eigenvalue weighted by atomic mass is 9.84. The highest BCUT2D eigenvalue weighted by atomic mass is 32.2. The van der Waals surface area contributed by atoms with Crippen LogP contribution >= 0.6 is 11.8 Å². The highest BCUT2D eigenvalue weighted by molar-refractivity contribution is 7.98. The number of methoxy groups -OCH3 is 1. The molecule has 0 spiro atoms. The predicted octanol–water partition coefficient (Wildman–Crippen LogP) is 6.60. The number of aromatic nitrogens is 2. The van der Waals surface area contributed by atoms with E-state index in [9.17, 15) is 4.79 Å². The molecule has 0 aliphatic carbocycles. The van der Waals surface area contributed by atoms with E-state index in [2.05, 4.69) is 46.8 Å². The zero-order chi connectivity index (χ0) is 23.8. The van der Waals surface area contributed by atoms with E-state index < -0.39 is 0 Å². The molecular weight excluding hydrogens is 428 g/mol. The van der Waals surface area contributed by atoms with Crippen molar-refractivity contribution in [1.29, 1.82) is 0 Å². The van der Waals surface area contributed by atoms with Crippen LogP contribution in [-0.2, 0) is 11.2 Å². The SMILES string of the molecule is COc1ccccc1-n1c(SCc2c(C)cc(C(C)(C)C)cc2C)nc2ccccc2c1=O. The first-order chi connectivity index (χ1) is 15.7. The lowest BCUT2D eigenvalue weighted by molar-refractivity contribution is 0.411. The summed E-state index contributed by atoms with van der Waals surface area (Å²) in [6.45, 7) is 11.0. The molecule has 0 N–H and O–H groups in total. The average molecular weight is 459 g/mol. The molecule has 0 saturated carbocycles. The molecule has 3 aromatic carbocycles. The van der Waals surface area contributed by atoms with Gasteiger partial charge in [0.2, 0.25) is 0 Å². The molecule has 0 unspecified atom stereocenters. The third kappa shape index (κ3) is 4.55. The van der Waals surface area contributed by atoms with Crippen molar-refractivity contribution >= 4 is 22.7 Å². The number of thioether (sulfide) groups is 1. The Morgan fingerprint density at radius 1 is 0.970 bits per heavy atom. The van der Waals surface area contributed by atoms with Gasteiger partial charge in [-0.1, -0.05) is 68.9 Å². The fourth-order valence-electron chi connectivity index (χ4n) is 4.03. The number of para-hydroxylation sites is 3. The standard InChI is InChI=1S/C28H30N2O2S/c1-18-15-20(28(3,4)5)16-19(2)22(18)17-33-27-29-23-12-8-7-11-21(23)26(31)30(27)24-13-9-10-14-25(24)32-6/h7-16H,17H2,1-6H3. The van der Waals surface area contributed by atoms with Crippen molar-refractivity contribution < 1.29 is 4.74 Å². The van der Waals surface area contributed by atoms with E-state index in [1.54, 1.807) is 23.4 Å². The van der Waals surface area contributed by atoms with E-state index in [1.807, 2.05) is 48.5 Å². The van der Waals surface area contributed by atoms with Crippen LogP contribution in [0.15, 0.2) is 70.6 Å². The second-order valence-corrected chi connectivity index (χ2v) is 10.3. The molecule has 170 valence electrons. The minimum Gasteiger partial charge on any atom is -0.495 e. The van der Waals surface area contributed by atoms with Crippen molar-refractivity contribution in [2.24, 2.45) is 0 Å². The first-order valence-electron chi connectivity index (χ1n) is 11.1. The Labute approximate surface area is 199 Å². The van der Waals surface area contributed by atoms with Crippen LogP contribution in [0.3, 0.4) is 0 Å². The van der Waals surface area contributed by atoms with Crippen LogP contribution in [0.4, 0.5) is 0 Å². The Morgan fingerprint density at radius 2 is 1.61 bits per heavy atom. The molecule has 0 bridgehead atoms. The van der Waals surface area contributed by atoms with Gasteiger partial charge < -0.3 is 4.74 Å². The number of aryl methyl sites for hydroxylation is 2. The molecule has 0 radical (unpaired) electrons. The van der Waals surface area contributed by atoms with Crippen LogP contribution in [-0.4, -0.2) is 16.7 Å². The summed E-state index contributed by atoms with van der Waals surface area (Å²) in [4.78, 5) is 18.5. The maximum atomic E-state index is 13.6. The summed E-state index contributed by atoms with van der Waals surface area (Å²) >= 11 is 1.58. The van der Waals surface area contributed by atoms with Gasteiger partial charge in [-0.15, -0.1) is 0 Å². The zero-order valence-corrected chi connectivity index (χ0v) is 20.9. The van der Waals surface area contributed by atoms with Gasteiger partial charge in [0.25, 0.3) is 5.56 Å². The second kappa shape index (κ2) is 9.06. The molecule has 0 aliphatic rings. The number of hydrogen-bond donors (Lipinski definition) is 0. The van der Waals surface area contributed by atoms with Gasteiger partial charge in [-0.25, -0.2) is 4.98 Å². The second-order valence-electron chi connectivity index (χ2n) is 9.35. The molecule has 0 saturated heterocycles. The van der Waals surface area contributed by atoms with Crippen molar-refractivity contribution in [3.05, 3.63) is 93.3 Å². The van der Waals surface area contributed by atoms with Crippen LogP contribution in [0.25, 0.3) is 16.6 Å². The molecule has 4 aromatic rings. The van der Waals surface area contributed by atoms with E-state index in [-0.39, 0.29) is 11.0 Å². The molecule has 4 nitrogen and oxygen atoms in total. The molecule has 4 rings (SSSR count). The Bertz CT molecular complexity index is 1360. The topological polar surface area (TPSA) is 44.1 Å². The summed E-state index contributed by atoms with van der Waals surface area (Å²) in [7, 11) is 1.62. The van der Waals surface area contributed by atoms with Gasteiger partial charge >= 0.3 is 0 Å². The summed E-state index contributed by atoms with van der Waals surface area (Å²) in [5.74, 6) is 1.36. The number of fused-ring (bicyclic) bond motifs is 1. The number of benzene rings is 3. The third-order valence-corrected chi connectivity index (χ3v) is 6.94. The highest BCUT2D eigenvalue weighted by Gasteiger charge is 2.19. The van der Waals surface area contributed by atoms with Crippen LogP contribution in [0.1, 0.15) is 43.0 Å². The van der Waals surface area contributed by atoms with Gasteiger partial charge in [0.05, 0.1) is 23.7 Å². The molecule has 0 fully saturated rings. The fourth-order valence-corrected chi connectivity index (χ4v) is 5.23. The zero-order valence-electron chi connectivity index (χ0n) is 20.1. The largest absolute Gasteiger partial charge is 0.495 e. The summed E-state index contributed by atoms with van der Waals surface area (Å²) in [6.07, 6.45) is 0. The number of hydrogen-bond acceptors (Lipinski definition) is 4. The summed E-state index contributed by atoms with van der Waals surface area (Å²) in [5.41, 5.74) is 6.55. The molecule has 33 heavy (non-hydrogen) atoms. The lowest BCUT2D eigenvalue weighted by Gasteiger charge is -2.22. The van der Waals surface area contributed by atoms with E-state index in [1.165, 1.54) is 22.3 Å². The van der Waals surface area contributed by atoms with Crippen molar-refractivity contribution in [2.75, 3.05) is 7.11 Å². The lowest BCUT2D eigenvalue weighted by Crippen LogP contribution is -2.22. The number of rotatable bonds is 5. The van der Waals surface area contributed by atoms with Crippen LogP contribution in [0.2, 0.25) is 0 Å². The van der Waals surface area contributed by atoms with Crippen molar-refractivity contribution in [3.8, 4) is 11.4 Å². The van der Waals surface area contributed by atoms with E-state index in [0.29, 0.717) is 27.5 Å². The first-order valence-corrected chi connectivity index (χ1v) is 12.1. The quantitative estimate of drug-likeness (QED) is 0.250. The van der Waals surface area contributed by atoms with Crippen molar-refractivity contribution in [3.63, 3.8) is 0 Å². The first kappa shape index (κ1) is 23.1. The minimum atomic E-state index is -0.0934. The molecule has 5 heteroatoms. The van der Waals surface area contributed by atoms with Crippen LogP contribution in [0, 0.1) is 13.8 Å². The van der Waals surface area contributed by atoms with Gasteiger partial charge in [-0.3, -0.25) is 9.36 Å². The summed E-state index contributed by atoms with van der Waals surface area (Å²) in [6, 6.07) is 19.6. The fraction of sp³-hybridized carbons (Fsp3) is 0.286. The normalized spacial score (nSPS) is 11.7.